The number of benzene rings is 1. The molecule has 2 heteroatoms. The van der Waals surface area contributed by atoms with Crippen LogP contribution in [0, 0.1) is 6.07 Å². The Morgan fingerprint density at radius 1 is 1.44 bits per heavy atom. The van der Waals surface area contributed by atoms with Gasteiger partial charge in [-0.05, 0) is 0 Å². The molecule has 1 aromatic carbocycles. The van der Waals surface area contributed by atoms with Crippen LogP contribution in [0.15, 0.2) is 24.3 Å². The summed E-state index contributed by atoms with van der Waals surface area (Å²) in [5.41, 5.74) is 0.910. The van der Waals surface area contributed by atoms with E-state index in [4.69, 9.17) is 0 Å². The first kappa shape index (κ1) is 9.83. The van der Waals surface area contributed by atoms with Gasteiger partial charge >= 0.3 is 58.2 Å². The summed E-state index contributed by atoms with van der Waals surface area (Å²) in [5, 5.41) is 3.92. The van der Waals surface area contributed by atoms with E-state index in [0.717, 1.165) is 5.69 Å². The molecule has 0 bridgehead atoms. The van der Waals surface area contributed by atoms with Crippen molar-refractivity contribution in [2.75, 3.05) is 7.05 Å². The Bertz CT molecular complexity index is 150. The van der Waals surface area contributed by atoms with Crippen LogP contribution in [0.25, 0.3) is 5.32 Å². The molecule has 9 heavy (non-hydrogen) atoms. The summed E-state index contributed by atoms with van der Waals surface area (Å²) in [6.45, 7) is 0. The monoisotopic (exact) mass is 190 g/mol. The minimum Gasteiger partial charge on any atom is -0.708 e. The maximum atomic E-state index is 3.92. The van der Waals surface area contributed by atoms with E-state index in [-0.39, 0.29) is 58.2 Å². The fourth-order valence-electron chi connectivity index (χ4n) is 0.523. The Kier molecular flexibility index (Phi) is 6.11. The molecule has 0 atom stereocenters. The Hall–Kier alpha value is 0.825. The molecule has 1 rings (SSSR count). The molecule has 0 aliphatic rings. The Labute approximate surface area is 105 Å². The normalized spacial score (nSPS) is 7.67. The molecule has 0 saturated heterocycles. The van der Waals surface area contributed by atoms with Crippen molar-refractivity contribution in [3.63, 3.8) is 0 Å². The molecule has 0 unspecified atom stereocenters. The van der Waals surface area contributed by atoms with Crippen molar-refractivity contribution in [2.45, 2.75) is 0 Å². The zero-order valence-electron chi connectivity index (χ0n) is 5.76. The summed E-state index contributed by atoms with van der Waals surface area (Å²) in [6, 6.07) is 10.6. The van der Waals surface area contributed by atoms with E-state index in [1.165, 1.54) is 0 Å². The molecular formula is C7H7NRb-. The van der Waals surface area contributed by atoms with Crippen LogP contribution in [-0.2, 0) is 0 Å². The molecule has 0 fully saturated rings. The Balaban J connectivity index is 0.000000640. The number of hydrogen-bond donors (Lipinski definition) is 0. The topological polar surface area (TPSA) is 14.1 Å². The molecule has 0 spiro atoms. The molecule has 0 aliphatic heterocycles. The molecule has 42 valence electrons. The van der Waals surface area contributed by atoms with Crippen molar-refractivity contribution in [1.29, 1.82) is 0 Å². The fraction of sp³-hybridized carbons (Fsp3) is 0.143. The molecule has 0 aromatic heterocycles. The van der Waals surface area contributed by atoms with Gasteiger partial charge < -0.3 is 5.32 Å². The van der Waals surface area contributed by atoms with Crippen LogP contribution in [0.4, 0.5) is 5.69 Å². The first-order valence-corrected chi connectivity index (χ1v) is 2.50. The zero-order chi connectivity index (χ0) is 5.82. The molecule has 0 amide bonds. The van der Waals surface area contributed by atoms with Crippen molar-refractivity contribution in [1.82, 2.24) is 0 Å². The Morgan fingerprint density at radius 3 is 2.56 bits per heavy atom. The van der Waals surface area contributed by atoms with Gasteiger partial charge in [0.2, 0.25) is 0 Å². The van der Waals surface area contributed by atoms with Crippen LogP contribution in [0.5, 0.6) is 0 Å². The van der Waals surface area contributed by atoms with Gasteiger partial charge in [0.05, 0.1) is 0 Å². The van der Waals surface area contributed by atoms with Gasteiger partial charge in [0.1, 0.15) is 0 Å². The van der Waals surface area contributed by atoms with Crippen molar-refractivity contribution >= 4 is 5.69 Å². The third-order valence-corrected chi connectivity index (χ3v) is 0.934. The van der Waals surface area contributed by atoms with Gasteiger partial charge in [0, 0.05) is 0 Å². The van der Waals surface area contributed by atoms with Gasteiger partial charge in [-0.1, -0.05) is 0 Å². The summed E-state index contributed by atoms with van der Waals surface area (Å²) in [6.07, 6.45) is 0. The minimum absolute atomic E-state index is 0. The molecule has 1 aromatic rings. The molecule has 1 nitrogen and oxygen atoms in total. The van der Waals surface area contributed by atoms with E-state index in [2.05, 4.69) is 11.4 Å². The predicted molar refractivity (Wildman–Crippen MR) is 34.2 cm³/mol. The third kappa shape index (κ3) is 3.51. The molecule has 0 N–H and O–H groups in total. The van der Waals surface area contributed by atoms with Crippen molar-refractivity contribution < 1.29 is 58.2 Å². The molecular weight excluding hydrogens is 184 g/mol. The van der Waals surface area contributed by atoms with Gasteiger partial charge in [-0.2, -0.15) is 30.3 Å². The minimum atomic E-state index is 0. The number of para-hydroxylation sites is 1. The van der Waals surface area contributed by atoms with Crippen molar-refractivity contribution in [3.05, 3.63) is 35.6 Å². The van der Waals surface area contributed by atoms with E-state index >= 15 is 0 Å². The summed E-state index contributed by atoms with van der Waals surface area (Å²) < 4.78 is 0. The van der Waals surface area contributed by atoms with Gasteiger partial charge in [0.25, 0.3) is 0 Å². The first-order chi connectivity index (χ1) is 3.93. The average molecular weight is 191 g/mol. The van der Waals surface area contributed by atoms with E-state index in [9.17, 15) is 0 Å². The summed E-state index contributed by atoms with van der Waals surface area (Å²) in [4.78, 5) is 0. The van der Waals surface area contributed by atoms with Crippen LogP contribution in [0.2, 0.25) is 0 Å². The summed E-state index contributed by atoms with van der Waals surface area (Å²) in [5.74, 6) is 0. The fourth-order valence-corrected chi connectivity index (χ4v) is 0.523. The SMILES string of the molecule is C[N-]c1[c-]cccc1.[Rb+]. The second kappa shape index (κ2) is 5.60. The molecule has 0 radical (unpaired) electrons. The van der Waals surface area contributed by atoms with Crippen LogP contribution in [-0.4, -0.2) is 7.05 Å². The number of nitrogens with zero attached hydrogens (tertiary/aromatic N) is 1. The number of hydrogen-bond acceptors (Lipinski definition) is 0. The van der Waals surface area contributed by atoms with Crippen LogP contribution >= 0.6 is 0 Å². The first-order valence-electron chi connectivity index (χ1n) is 2.50. The standard InChI is InChI=1S/C7H7N.Rb/c1-8-7-5-3-2-4-6-7;/h2-5H,1H3;/q-2;+1. The van der Waals surface area contributed by atoms with E-state index in [1.807, 2.05) is 24.3 Å². The van der Waals surface area contributed by atoms with E-state index in [0.29, 0.717) is 0 Å². The van der Waals surface area contributed by atoms with E-state index < -0.39 is 0 Å². The average Bonchev–Trinajstić information content (AvgIpc) is 1.90. The smallest absolute Gasteiger partial charge is 0.708 e. The predicted octanol–water partition coefficient (Wildman–Crippen LogP) is -0.874. The van der Waals surface area contributed by atoms with Gasteiger partial charge in [-0.3, -0.25) is 5.69 Å². The maximum Gasteiger partial charge on any atom is 1.00 e. The molecule has 0 heterocycles. The van der Waals surface area contributed by atoms with Crippen LogP contribution in [0.1, 0.15) is 0 Å². The Morgan fingerprint density at radius 2 is 2.22 bits per heavy atom. The zero-order valence-corrected chi connectivity index (χ0v) is 10.7. The number of rotatable bonds is 1. The van der Waals surface area contributed by atoms with Crippen molar-refractivity contribution in [2.24, 2.45) is 0 Å². The third-order valence-electron chi connectivity index (χ3n) is 0.934. The van der Waals surface area contributed by atoms with Gasteiger partial charge in [-0.25, -0.2) is 0 Å². The second-order valence-electron chi connectivity index (χ2n) is 1.47. The second-order valence-corrected chi connectivity index (χ2v) is 1.47. The van der Waals surface area contributed by atoms with E-state index in [1.54, 1.807) is 7.05 Å². The molecule has 0 aliphatic carbocycles. The van der Waals surface area contributed by atoms with Gasteiger partial charge in [0.15, 0.2) is 0 Å². The van der Waals surface area contributed by atoms with Crippen LogP contribution in [0.3, 0.4) is 0 Å². The quantitative estimate of drug-likeness (QED) is 0.511. The maximum absolute atomic E-state index is 3.92. The van der Waals surface area contributed by atoms with Crippen molar-refractivity contribution in [3.8, 4) is 0 Å². The van der Waals surface area contributed by atoms with Gasteiger partial charge in [-0.15, -0.1) is 7.05 Å². The molecule has 0 saturated carbocycles. The largest absolute Gasteiger partial charge is 1.00 e. The van der Waals surface area contributed by atoms with Crippen LogP contribution < -0.4 is 58.2 Å². The summed E-state index contributed by atoms with van der Waals surface area (Å²) in [7, 11) is 1.76. The summed E-state index contributed by atoms with van der Waals surface area (Å²) >= 11 is 0.